The van der Waals surface area contributed by atoms with Crippen LogP contribution in [0.3, 0.4) is 0 Å². The van der Waals surface area contributed by atoms with Crippen LogP contribution in [0.15, 0.2) is 30.6 Å². The average molecular weight is 233 g/mol. The second-order valence-electron chi connectivity index (χ2n) is 3.97. The maximum absolute atomic E-state index is 13.3. The van der Waals surface area contributed by atoms with Crippen LogP contribution in [0.25, 0.3) is 0 Å². The van der Waals surface area contributed by atoms with Crippen LogP contribution in [0.5, 0.6) is 0 Å². The van der Waals surface area contributed by atoms with E-state index in [0.29, 0.717) is 0 Å². The van der Waals surface area contributed by atoms with Crippen molar-refractivity contribution in [2.45, 2.75) is 19.9 Å². The Bertz CT molecular complexity index is 479. The lowest BCUT2D eigenvalue weighted by Gasteiger charge is -2.18. The molecule has 0 saturated carbocycles. The number of aromatic amines is 1. The molecule has 90 valence electrons. The van der Waals surface area contributed by atoms with Gasteiger partial charge in [-0.2, -0.15) is 0 Å². The molecule has 17 heavy (non-hydrogen) atoms. The van der Waals surface area contributed by atoms with E-state index in [1.807, 2.05) is 13.8 Å². The second kappa shape index (κ2) is 5.10. The monoisotopic (exact) mass is 233 g/mol. The number of benzene rings is 1. The van der Waals surface area contributed by atoms with Crippen molar-refractivity contribution in [2.75, 3.05) is 6.54 Å². The van der Waals surface area contributed by atoms with Crippen molar-refractivity contribution in [2.24, 2.45) is 0 Å². The number of H-pyrrole nitrogens is 1. The molecule has 0 aliphatic carbocycles. The van der Waals surface area contributed by atoms with Gasteiger partial charge in [-0.25, -0.2) is 9.37 Å². The second-order valence-corrected chi connectivity index (χ2v) is 3.97. The summed E-state index contributed by atoms with van der Waals surface area (Å²) < 4.78 is 13.3. The van der Waals surface area contributed by atoms with E-state index in [1.165, 1.54) is 6.07 Å². The van der Waals surface area contributed by atoms with Gasteiger partial charge < -0.3 is 10.3 Å². The quantitative estimate of drug-likeness (QED) is 0.852. The first-order valence-electron chi connectivity index (χ1n) is 5.71. The summed E-state index contributed by atoms with van der Waals surface area (Å²) in [5, 5.41) is 3.31. The van der Waals surface area contributed by atoms with Crippen LogP contribution < -0.4 is 5.32 Å². The zero-order valence-corrected chi connectivity index (χ0v) is 10.00. The number of hydrogen-bond donors (Lipinski definition) is 2. The van der Waals surface area contributed by atoms with Crippen LogP contribution >= 0.6 is 0 Å². The molecule has 0 fully saturated rings. The Hall–Kier alpha value is -1.68. The van der Waals surface area contributed by atoms with E-state index in [2.05, 4.69) is 15.3 Å². The van der Waals surface area contributed by atoms with Crippen molar-refractivity contribution in [3.05, 3.63) is 53.4 Å². The minimum absolute atomic E-state index is 0.0919. The fourth-order valence-electron chi connectivity index (χ4n) is 1.92. The Morgan fingerprint density at radius 2 is 2.29 bits per heavy atom. The minimum Gasteiger partial charge on any atom is -0.347 e. The molecule has 1 aromatic heterocycles. The average Bonchev–Trinajstić information content (AvgIpc) is 2.83. The van der Waals surface area contributed by atoms with Gasteiger partial charge in [0.05, 0.1) is 6.04 Å². The Balaban J connectivity index is 2.42. The Morgan fingerprint density at radius 1 is 1.47 bits per heavy atom. The third kappa shape index (κ3) is 2.53. The van der Waals surface area contributed by atoms with Crippen molar-refractivity contribution < 1.29 is 4.39 Å². The lowest BCUT2D eigenvalue weighted by Crippen LogP contribution is -2.24. The molecule has 2 N–H and O–H groups in total. The van der Waals surface area contributed by atoms with Crippen LogP contribution in [0.4, 0.5) is 4.39 Å². The molecule has 1 heterocycles. The van der Waals surface area contributed by atoms with Crippen molar-refractivity contribution >= 4 is 0 Å². The Labute approximate surface area is 100 Å². The van der Waals surface area contributed by atoms with Gasteiger partial charge in [0.2, 0.25) is 0 Å². The predicted octanol–water partition coefficient (Wildman–Crippen LogP) is 2.56. The Morgan fingerprint density at radius 3 is 2.94 bits per heavy atom. The highest BCUT2D eigenvalue weighted by Crippen LogP contribution is 2.23. The number of rotatable bonds is 4. The van der Waals surface area contributed by atoms with Gasteiger partial charge in [0.25, 0.3) is 0 Å². The first-order chi connectivity index (χ1) is 8.22. The molecule has 1 atom stereocenters. The summed E-state index contributed by atoms with van der Waals surface area (Å²) in [6.45, 7) is 4.79. The van der Waals surface area contributed by atoms with Gasteiger partial charge in [0.1, 0.15) is 11.6 Å². The van der Waals surface area contributed by atoms with Crippen LogP contribution in [0, 0.1) is 12.7 Å². The van der Waals surface area contributed by atoms with Crippen LogP contribution in [0.1, 0.15) is 29.9 Å². The largest absolute Gasteiger partial charge is 0.347 e. The van der Waals surface area contributed by atoms with Crippen LogP contribution in [-0.4, -0.2) is 16.5 Å². The highest BCUT2D eigenvalue weighted by molar-refractivity contribution is 5.33. The van der Waals surface area contributed by atoms with Gasteiger partial charge in [-0.3, -0.25) is 0 Å². The topological polar surface area (TPSA) is 40.7 Å². The number of nitrogens with one attached hydrogen (secondary N) is 2. The predicted molar refractivity (Wildman–Crippen MR) is 65.2 cm³/mol. The lowest BCUT2D eigenvalue weighted by molar-refractivity contribution is 0.585. The molecule has 0 radical (unpaired) electrons. The number of halogens is 1. The molecule has 1 aromatic carbocycles. The number of aromatic nitrogens is 2. The standard InChI is InChI=1S/C13H16FN3/c1-3-15-12(13-16-6-7-17-13)11-8-10(14)5-4-9(11)2/h4-8,12,15H,3H2,1-2H3,(H,16,17). The summed E-state index contributed by atoms with van der Waals surface area (Å²) in [6.07, 6.45) is 3.47. The highest BCUT2D eigenvalue weighted by atomic mass is 19.1. The van der Waals surface area contributed by atoms with Gasteiger partial charge in [-0.15, -0.1) is 0 Å². The summed E-state index contributed by atoms with van der Waals surface area (Å²) in [6, 6.07) is 4.73. The summed E-state index contributed by atoms with van der Waals surface area (Å²) in [4.78, 5) is 7.31. The molecular weight excluding hydrogens is 217 g/mol. The molecular formula is C13H16FN3. The van der Waals surface area contributed by atoms with E-state index >= 15 is 0 Å². The van der Waals surface area contributed by atoms with E-state index < -0.39 is 0 Å². The molecule has 0 bridgehead atoms. The maximum atomic E-state index is 13.3. The van der Waals surface area contributed by atoms with Crippen molar-refractivity contribution in [1.29, 1.82) is 0 Å². The van der Waals surface area contributed by atoms with Crippen LogP contribution in [-0.2, 0) is 0 Å². The fourth-order valence-corrected chi connectivity index (χ4v) is 1.92. The number of hydrogen-bond acceptors (Lipinski definition) is 2. The number of imidazole rings is 1. The fraction of sp³-hybridized carbons (Fsp3) is 0.308. The molecule has 2 rings (SSSR count). The minimum atomic E-state index is -0.222. The molecule has 1 unspecified atom stereocenters. The lowest BCUT2D eigenvalue weighted by atomic mass is 10.0. The Kier molecular flexibility index (Phi) is 3.54. The molecule has 2 aromatic rings. The first-order valence-corrected chi connectivity index (χ1v) is 5.71. The number of aryl methyl sites for hydroxylation is 1. The number of nitrogens with zero attached hydrogens (tertiary/aromatic N) is 1. The SMILES string of the molecule is CCNC(c1ncc[nH]1)c1cc(F)ccc1C. The van der Waals surface area contributed by atoms with Crippen molar-refractivity contribution in [3.8, 4) is 0 Å². The molecule has 0 aliphatic heterocycles. The van der Waals surface area contributed by atoms with Gasteiger partial charge in [-0.05, 0) is 36.7 Å². The third-order valence-electron chi connectivity index (χ3n) is 2.75. The van der Waals surface area contributed by atoms with Crippen molar-refractivity contribution in [3.63, 3.8) is 0 Å². The van der Waals surface area contributed by atoms with Crippen LogP contribution in [0.2, 0.25) is 0 Å². The van der Waals surface area contributed by atoms with Gasteiger partial charge in [0, 0.05) is 12.4 Å². The maximum Gasteiger partial charge on any atom is 0.127 e. The summed E-state index contributed by atoms with van der Waals surface area (Å²) in [5.41, 5.74) is 1.97. The van der Waals surface area contributed by atoms with E-state index in [-0.39, 0.29) is 11.9 Å². The third-order valence-corrected chi connectivity index (χ3v) is 2.75. The van der Waals surface area contributed by atoms with Gasteiger partial charge in [-0.1, -0.05) is 13.0 Å². The van der Waals surface area contributed by atoms with E-state index in [1.54, 1.807) is 24.5 Å². The van der Waals surface area contributed by atoms with Gasteiger partial charge in [0.15, 0.2) is 0 Å². The molecule has 4 heteroatoms. The van der Waals surface area contributed by atoms with E-state index in [9.17, 15) is 4.39 Å². The summed E-state index contributed by atoms with van der Waals surface area (Å²) in [5.74, 6) is 0.584. The molecule has 0 saturated heterocycles. The molecule has 0 aliphatic rings. The molecule has 0 spiro atoms. The normalized spacial score (nSPS) is 12.6. The van der Waals surface area contributed by atoms with Crippen molar-refractivity contribution in [1.82, 2.24) is 15.3 Å². The zero-order chi connectivity index (χ0) is 12.3. The molecule has 3 nitrogen and oxygen atoms in total. The summed E-state index contributed by atoms with van der Waals surface area (Å²) >= 11 is 0. The smallest absolute Gasteiger partial charge is 0.127 e. The van der Waals surface area contributed by atoms with E-state index in [0.717, 1.165) is 23.5 Å². The highest BCUT2D eigenvalue weighted by Gasteiger charge is 2.17. The first kappa shape index (κ1) is 11.8. The van der Waals surface area contributed by atoms with Gasteiger partial charge >= 0.3 is 0 Å². The summed E-state index contributed by atoms with van der Waals surface area (Å²) in [7, 11) is 0. The zero-order valence-electron chi connectivity index (χ0n) is 10.00. The van der Waals surface area contributed by atoms with E-state index in [4.69, 9.17) is 0 Å². The molecule has 0 amide bonds.